The third-order valence-electron chi connectivity index (χ3n) is 2.94. The minimum absolute atomic E-state index is 0.727. The van der Waals surface area contributed by atoms with Crippen LogP contribution >= 0.6 is 15.9 Å². The van der Waals surface area contributed by atoms with Gasteiger partial charge in [-0.2, -0.15) is 0 Å². The summed E-state index contributed by atoms with van der Waals surface area (Å²) in [6, 6.07) is 19.6. The Hall–Kier alpha value is -2.00. The van der Waals surface area contributed by atoms with Crippen LogP contribution in [0.1, 0.15) is 0 Å². The lowest BCUT2D eigenvalue weighted by Crippen LogP contribution is -1.88. The van der Waals surface area contributed by atoms with Crippen LogP contribution in [0.4, 0.5) is 5.69 Å². The van der Waals surface area contributed by atoms with E-state index in [-0.39, 0.29) is 0 Å². The molecule has 19 heavy (non-hydrogen) atoms. The molecule has 0 amide bonds. The van der Waals surface area contributed by atoms with E-state index in [1.54, 1.807) is 0 Å². The molecule has 0 aliphatic carbocycles. The number of benzene rings is 3. The molecule has 3 heteroatoms. The van der Waals surface area contributed by atoms with Gasteiger partial charge in [0.25, 0.3) is 0 Å². The Kier molecular flexibility index (Phi) is 3.13. The number of rotatable bonds is 2. The molecule has 0 spiro atoms. The summed E-state index contributed by atoms with van der Waals surface area (Å²) in [5.74, 6) is 1.56. The molecule has 94 valence electrons. The fourth-order valence-electron chi connectivity index (χ4n) is 1.96. The zero-order valence-electron chi connectivity index (χ0n) is 10.1. The van der Waals surface area contributed by atoms with E-state index >= 15 is 0 Å². The summed E-state index contributed by atoms with van der Waals surface area (Å²) >= 11 is 3.60. The van der Waals surface area contributed by atoms with Gasteiger partial charge >= 0.3 is 0 Å². The normalized spacial score (nSPS) is 10.6. The van der Waals surface area contributed by atoms with Crippen molar-refractivity contribution < 1.29 is 4.74 Å². The van der Waals surface area contributed by atoms with E-state index in [2.05, 4.69) is 28.1 Å². The minimum Gasteiger partial charge on any atom is -0.456 e. The Balaban J connectivity index is 2.01. The monoisotopic (exact) mass is 313 g/mol. The predicted molar refractivity (Wildman–Crippen MR) is 82.6 cm³/mol. The van der Waals surface area contributed by atoms with Gasteiger partial charge < -0.3 is 10.5 Å². The third kappa shape index (κ3) is 2.42. The van der Waals surface area contributed by atoms with Crippen molar-refractivity contribution in [2.45, 2.75) is 0 Å². The van der Waals surface area contributed by atoms with Crippen molar-refractivity contribution in [2.75, 3.05) is 5.73 Å². The zero-order chi connectivity index (χ0) is 13.2. The summed E-state index contributed by atoms with van der Waals surface area (Å²) in [4.78, 5) is 0. The van der Waals surface area contributed by atoms with Gasteiger partial charge in [-0.3, -0.25) is 0 Å². The lowest BCUT2D eigenvalue weighted by Gasteiger charge is -2.10. The average Bonchev–Trinajstić information content (AvgIpc) is 2.45. The molecule has 3 rings (SSSR count). The van der Waals surface area contributed by atoms with Crippen LogP contribution in [-0.2, 0) is 0 Å². The standard InChI is InChI=1S/C16H12BrNO/c17-16-14-4-2-1-3-11(14)5-10-15(16)19-13-8-6-12(18)7-9-13/h1-10H,18H2. The van der Waals surface area contributed by atoms with Gasteiger partial charge in [0.05, 0.1) is 4.47 Å². The van der Waals surface area contributed by atoms with Crippen molar-refractivity contribution in [1.29, 1.82) is 0 Å². The van der Waals surface area contributed by atoms with Gasteiger partial charge in [-0.15, -0.1) is 0 Å². The highest BCUT2D eigenvalue weighted by molar-refractivity contribution is 9.10. The maximum Gasteiger partial charge on any atom is 0.142 e. The van der Waals surface area contributed by atoms with Gasteiger partial charge in [-0.05, 0) is 57.0 Å². The summed E-state index contributed by atoms with van der Waals surface area (Å²) in [6.07, 6.45) is 0. The molecule has 0 radical (unpaired) electrons. The van der Waals surface area contributed by atoms with Gasteiger partial charge in [0.15, 0.2) is 0 Å². The van der Waals surface area contributed by atoms with E-state index in [0.29, 0.717) is 0 Å². The number of nitrogens with two attached hydrogens (primary N) is 1. The molecule has 0 aromatic heterocycles. The molecule has 2 N–H and O–H groups in total. The molecule has 0 saturated carbocycles. The maximum atomic E-state index is 5.87. The first-order chi connectivity index (χ1) is 9.24. The van der Waals surface area contributed by atoms with Crippen molar-refractivity contribution in [1.82, 2.24) is 0 Å². The molecule has 2 nitrogen and oxygen atoms in total. The van der Waals surface area contributed by atoms with E-state index in [9.17, 15) is 0 Å². The Morgan fingerprint density at radius 3 is 2.37 bits per heavy atom. The smallest absolute Gasteiger partial charge is 0.142 e. The molecule has 0 heterocycles. The number of hydrogen-bond donors (Lipinski definition) is 1. The van der Waals surface area contributed by atoms with Crippen LogP contribution in [0, 0.1) is 0 Å². The van der Waals surface area contributed by atoms with E-state index in [0.717, 1.165) is 27.0 Å². The molecule has 0 aliphatic heterocycles. The highest BCUT2D eigenvalue weighted by Gasteiger charge is 2.06. The van der Waals surface area contributed by atoms with E-state index < -0.39 is 0 Å². The predicted octanol–water partition coefficient (Wildman–Crippen LogP) is 4.98. The summed E-state index contributed by atoms with van der Waals surface area (Å²) in [5.41, 5.74) is 6.39. The first-order valence-corrected chi connectivity index (χ1v) is 6.74. The number of nitrogen functional groups attached to an aromatic ring is 1. The van der Waals surface area contributed by atoms with E-state index in [4.69, 9.17) is 10.5 Å². The SMILES string of the molecule is Nc1ccc(Oc2ccc3ccccc3c2Br)cc1. The lowest BCUT2D eigenvalue weighted by molar-refractivity contribution is 0.480. The second-order valence-corrected chi connectivity index (χ2v) is 5.06. The van der Waals surface area contributed by atoms with Crippen LogP contribution in [0.5, 0.6) is 11.5 Å². The van der Waals surface area contributed by atoms with Gasteiger partial charge in [0.1, 0.15) is 11.5 Å². The maximum absolute atomic E-state index is 5.87. The first kappa shape index (κ1) is 12.1. The molecule has 0 atom stereocenters. The number of hydrogen-bond acceptors (Lipinski definition) is 2. The average molecular weight is 314 g/mol. The molecule has 3 aromatic carbocycles. The van der Waals surface area contributed by atoms with Crippen molar-refractivity contribution in [3.63, 3.8) is 0 Å². The van der Waals surface area contributed by atoms with Crippen molar-refractivity contribution >= 4 is 32.4 Å². The van der Waals surface area contributed by atoms with Gasteiger partial charge in [-0.25, -0.2) is 0 Å². The Labute approximate surface area is 119 Å². The molecule has 0 unspecified atom stereocenters. The highest BCUT2D eigenvalue weighted by Crippen LogP contribution is 2.35. The zero-order valence-corrected chi connectivity index (χ0v) is 11.7. The van der Waals surface area contributed by atoms with Crippen molar-refractivity contribution in [2.24, 2.45) is 0 Å². The van der Waals surface area contributed by atoms with Crippen LogP contribution in [0.3, 0.4) is 0 Å². The molecule has 0 bridgehead atoms. The fraction of sp³-hybridized carbons (Fsp3) is 0. The first-order valence-electron chi connectivity index (χ1n) is 5.95. The Bertz CT molecular complexity index is 722. The largest absolute Gasteiger partial charge is 0.456 e. The topological polar surface area (TPSA) is 35.2 Å². The van der Waals surface area contributed by atoms with Crippen LogP contribution < -0.4 is 10.5 Å². The molecule has 0 saturated heterocycles. The molecule has 0 aliphatic rings. The molecular formula is C16H12BrNO. The van der Waals surface area contributed by atoms with Gasteiger partial charge in [0.2, 0.25) is 0 Å². The van der Waals surface area contributed by atoms with E-state index in [1.807, 2.05) is 48.5 Å². The van der Waals surface area contributed by atoms with E-state index in [1.165, 1.54) is 5.39 Å². The van der Waals surface area contributed by atoms with Crippen LogP contribution in [0.25, 0.3) is 10.8 Å². The Morgan fingerprint density at radius 1 is 0.842 bits per heavy atom. The highest BCUT2D eigenvalue weighted by atomic mass is 79.9. The summed E-state index contributed by atoms with van der Waals surface area (Å²) in [5, 5.41) is 2.31. The van der Waals surface area contributed by atoms with Crippen molar-refractivity contribution in [3.05, 3.63) is 65.1 Å². The fourth-order valence-corrected chi connectivity index (χ4v) is 2.53. The Morgan fingerprint density at radius 2 is 1.58 bits per heavy atom. The van der Waals surface area contributed by atoms with Gasteiger partial charge in [-0.1, -0.05) is 30.3 Å². The summed E-state index contributed by atoms with van der Waals surface area (Å²) < 4.78 is 6.83. The summed E-state index contributed by atoms with van der Waals surface area (Å²) in [7, 11) is 0. The number of ether oxygens (including phenoxy) is 1. The number of anilines is 1. The summed E-state index contributed by atoms with van der Waals surface area (Å²) in [6.45, 7) is 0. The number of fused-ring (bicyclic) bond motifs is 1. The second kappa shape index (κ2) is 4.94. The van der Waals surface area contributed by atoms with Gasteiger partial charge in [0, 0.05) is 5.69 Å². The molecular weight excluding hydrogens is 302 g/mol. The molecule has 3 aromatic rings. The minimum atomic E-state index is 0.727. The third-order valence-corrected chi connectivity index (χ3v) is 3.75. The van der Waals surface area contributed by atoms with Crippen molar-refractivity contribution in [3.8, 4) is 11.5 Å². The number of halogens is 1. The second-order valence-electron chi connectivity index (χ2n) is 4.27. The van der Waals surface area contributed by atoms with Crippen LogP contribution in [0.15, 0.2) is 65.1 Å². The quantitative estimate of drug-likeness (QED) is 0.677. The van der Waals surface area contributed by atoms with Crippen LogP contribution in [0.2, 0.25) is 0 Å². The molecule has 0 fully saturated rings. The lowest BCUT2D eigenvalue weighted by atomic mass is 10.1. The van der Waals surface area contributed by atoms with Crippen LogP contribution in [-0.4, -0.2) is 0 Å².